The molecule has 9 rings (SSSR count). The fraction of sp³-hybridized carbons (Fsp3) is 0.750. The lowest BCUT2D eigenvalue weighted by molar-refractivity contribution is -0.183. The van der Waals surface area contributed by atoms with Crippen LogP contribution in [0.1, 0.15) is 123 Å². The number of nitrogens with one attached hydrogen (secondary N) is 2. The maximum absolute atomic E-state index is 14.8. The molecule has 64 heavy (non-hydrogen) atoms. The number of carbonyl (C=O) groups is 3. The van der Waals surface area contributed by atoms with E-state index in [9.17, 15) is 45.0 Å². The summed E-state index contributed by atoms with van der Waals surface area (Å²) in [5.74, 6) is 3.97. The molecule has 1 aromatic rings. The number of allylic oxidation sites excluding steroid dienone is 3. The van der Waals surface area contributed by atoms with Crippen molar-refractivity contribution in [3.8, 4) is 11.8 Å². The number of hydrogen-bond donors (Lipinski definition) is 8. The van der Waals surface area contributed by atoms with Crippen LogP contribution in [0.15, 0.2) is 41.4 Å². The Morgan fingerprint density at radius 2 is 1.77 bits per heavy atom. The minimum Gasteiger partial charge on any atom is -0.465 e. The lowest BCUT2D eigenvalue weighted by Gasteiger charge is -2.61. The maximum Gasteiger partial charge on any atom is 0.313 e. The number of ether oxygens (including phenoxy) is 1. The maximum atomic E-state index is 14.8. The van der Waals surface area contributed by atoms with Crippen LogP contribution in [0.4, 0.5) is 0 Å². The van der Waals surface area contributed by atoms with Crippen LogP contribution < -0.4 is 5.32 Å². The summed E-state index contributed by atoms with van der Waals surface area (Å²) in [6.45, 7) is 9.30. The van der Waals surface area contributed by atoms with Crippen molar-refractivity contribution in [3.05, 3.63) is 46.9 Å². The second-order valence-electron chi connectivity index (χ2n) is 22.7. The van der Waals surface area contributed by atoms with Crippen LogP contribution in [0.3, 0.4) is 0 Å². The molecule has 1 aromatic heterocycles. The van der Waals surface area contributed by atoms with Crippen molar-refractivity contribution in [1.82, 2.24) is 10.3 Å². The normalized spacial score (nSPS) is 47.9. The predicted molar refractivity (Wildman–Crippen MR) is 237 cm³/mol. The molecule has 2 heterocycles. The summed E-state index contributed by atoms with van der Waals surface area (Å²) in [6, 6.07) is 1.93. The number of cyclic esters (lactones) is 1. The summed E-state index contributed by atoms with van der Waals surface area (Å²) in [5, 5.41) is 75.9. The zero-order valence-corrected chi connectivity index (χ0v) is 38.4. The van der Waals surface area contributed by atoms with Crippen LogP contribution in [0.25, 0.3) is 0 Å². The molecule has 0 amide bonds. The Balaban J connectivity index is 1.18. The average Bonchev–Trinajstić information content (AvgIpc) is 3.96. The van der Waals surface area contributed by atoms with Crippen molar-refractivity contribution in [2.75, 3.05) is 19.8 Å². The quantitative estimate of drug-likeness (QED) is 0.111. The number of fused-ring (bicyclic) bond motifs is 10. The minimum absolute atomic E-state index is 0.0167. The molecule has 350 valence electrons. The molecular formula is C52H72N2O10. The number of ketones is 2. The SMILES string of the molecule is CC(=O)CNC1=C2[C@H](CC[C@]3(C)[C@@H]4[C@@H](CC#C[C@H]([C@@H]5COC(=O)[C@@H]5c5cc[nH]c5)C[C@@H]5[C@@H](CC=C6CC[C@@H](C)C[C@@H]65)[C@H](CO)C[C@@H](O)[C@]4(C)O)C[C@@]23O)[C@@]2(C)C[C@H](O)[C@H](O)C[C@H]2C1=O. The summed E-state index contributed by atoms with van der Waals surface area (Å²) >= 11 is 0. The molecule has 4 saturated carbocycles. The predicted octanol–water partition coefficient (Wildman–Crippen LogP) is 4.73. The third kappa shape index (κ3) is 7.20. The number of rotatable bonds is 6. The Kier molecular flexibility index (Phi) is 12.0. The summed E-state index contributed by atoms with van der Waals surface area (Å²) in [7, 11) is 0. The van der Waals surface area contributed by atoms with Gasteiger partial charge in [0, 0.05) is 54.5 Å². The van der Waals surface area contributed by atoms with E-state index in [0.717, 1.165) is 31.2 Å². The van der Waals surface area contributed by atoms with E-state index >= 15 is 0 Å². The summed E-state index contributed by atoms with van der Waals surface area (Å²) in [5.41, 5.74) is -2.32. The number of aromatic nitrogens is 1. The molecular weight excluding hydrogens is 813 g/mol. The van der Waals surface area contributed by atoms with Crippen molar-refractivity contribution in [2.24, 2.45) is 75.9 Å². The van der Waals surface area contributed by atoms with Gasteiger partial charge in [0.25, 0.3) is 0 Å². The summed E-state index contributed by atoms with van der Waals surface area (Å²) < 4.78 is 5.85. The van der Waals surface area contributed by atoms with Crippen molar-refractivity contribution in [1.29, 1.82) is 0 Å². The first-order chi connectivity index (χ1) is 30.3. The van der Waals surface area contributed by atoms with Crippen LogP contribution in [0.5, 0.6) is 0 Å². The van der Waals surface area contributed by atoms with Gasteiger partial charge in [-0.1, -0.05) is 38.3 Å². The van der Waals surface area contributed by atoms with E-state index in [4.69, 9.17) is 4.74 Å². The molecule has 8 N–H and O–H groups in total. The van der Waals surface area contributed by atoms with Crippen LogP contribution >= 0.6 is 0 Å². The van der Waals surface area contributed by atoms with Crippen LogP contribution in [-0.2, 0) is 19.1 Å². The van der Waals surface area contributed by atoms with Crippen molar-refractivity contribution in [3.63, 3.8) is 0 Å². The van der Waals surface area contributed by atoms with Gasteiger partial charge in [-0.3, -0.25) is 14.4 Å². The Bertz CT molecular complexity index is 2120. The van der Waals surface area contributed by atoms with Gasteiger partial charge in [0.05, 0.1) is 54.3 Å². The van der Waals surface area contributed by atoms with E-state index < -0.39 is 64.0 Å². The Hall–Kier alpha value is -3.31. The summed E-state index contributed by atoms with van der Waals surface area (Å²) in [4.78, 5) is 44.0. The first-order valence-corrected chi connectivity index (χ1v) is 24.4. The molecule has 19 atom stereocenters. The molecule has 0 radical (unpaired) electrons. The molecule has 1 saturated heterocycles. The first kappa shape index (κ1) is 45.8. The fourth-order valence-corrected chi connectivity index (χ4v) is 15.9. The third-order valence-corrected chi connectivity index (χ3v) is 19.1. The number of carbonyl (C=O) groups excluding carboxylic acids is 3. The highest BCUT2D eigenvalue weighted by Gasteiger charge is 2.72. The smallest absolute Gasteiger partial charge is 0.313 e. The minimum atomic E-state index is -1.77. The van der Waals surface area contributed by atoms with Gasteiger partial charge in [-0.05, 0) is 149 Å². The zero-order chi connectivity index (χ0) is 45.7. The van der Waals surface area contributed by atoms with E-state index in [0.29, 0.717) is 30.8 Å². The first-order valence-electron chi connectivity index (χ1n) is 24.4. The van der Waals surface area contributed by atoms with Crippen molar-refractivity contribution < 1.29 is 49.8 Å². The van der Waals surface area contributed by atoms with E-state index in [1.54, 1.807) is 6.92 Å². The van der Waals surface area contributed by atoms with Crippen LogP contribution in [0.2, 0.25) is 0 Å². The standard InChI is InChI=1S/C52H72N2O10/c1-27-9-10-29-11-12-34-33(25-55)19-42(59)51(5,62)47-31(8-6-7-30(18-36(34)35(29)17-27)37-26-64-48(61)43(37)32-14-16-53-24-32)21-52(63)44-38(13-15-50(47,52)4)49(3)22-41(58)40(57)20-39(49)46(60)45(44)54-23-28(2)56/h11,14,16,24,27,30-31,33-43,47,53-55,57-59,62-63H,8-10,12-13,15,17-23,25-26H2,1-5H3/t27-,30+,31+,33+,34+,35+,36-,37+,38+,39+,40-,41+,42-,43-,47+,49-,50-,51+,52-/m1/s1. The molecule has 12 heteroatoms. The molecule has 0 unspecified atom stereocenters. The number of aliphatic hydroxyl groups excluding tert-OH is 4. The second-order valence-corrected chi connectivity index (χ2v) is 22.7. The van der Waals surface area contributed by atoms with Gasteiger partial charge in [0.1, 0.15) is 5.78 Å². The lowest BCUT2D eigenvalue weighted by atomic mass is 9.45. The van der Waals surface area contributed by atoms with Crippen molar-refractivity contribution in [2.45, 2.75) is 147 Å². The van der Waals surface area contributed by atoms with E-state index in [1.807, 2.05) is 32.3 Å². The highest BCUT2D eigenvalue weighted by Crippen LogP contribution is 2.71. The lowest BCUT2D eigenvalue weighted by Crippen LogP contribution is -2.64. The number of H-pyrrole nitrogens is 1. The summed E-state index contributed by atoms with van der Waals surface area (Å²) in [6.07, 6.45) is 9.00. The van der Waals surface area contributed by atoms with Gasteiger partial charge in [0.2, 0.25) is 0 Å². The van der Waals surface area contributed by atoms with E-state index in [2.05, 4.69) is 35.1 Å². The van der Waals surface area contributed by atoms with Gasteiger partial charge in [0.15, 0.2) is 5.78 Å². The molecule has 0 spiro atoms. The van der Waals surface area contributed by atoms with Gasteiger partial charge in [-0.15, -0.1) is 5.92 Å². The van der Waals surface area contributed by atoms with Gasteiger partial charge >= 0.3 is 5.97 Å². The Morgan fingerprint density at radius 3 is 2.48 bits per heavy atom. The topological polar surface area (TPSA) is 210 Å². The van der Waals surface area contributed by atoms with Crippen molar-refractivity contribution >= 4 is 17.5 Å². The molecule has 0 bridgehead atoms. The number of esters is 1. The third-order valence-electron chi connectivity index (χ3n) is 19.1. The van der Waals surface area contributed by atoms with Crippen LogP contribution in [0, 0.1) is 87.8 Å². The highest BCUT2D eigenvalue weighted by molar-refractivity contribution is 6.00. The molecule has 1 aliphatic heterocycles. The average molecular weight is 885 g/mol. The highest BCUT2D eigenvalue weighted by atomic mass is 16.5. The fourth-order valence-electron chi connectivity index (χ4n) is 15.9. The van der Waals surface area contributed by atoms with E-state index in [1.165, 1.54) is 12.5 Å². The number of hydrogen-bond acceptors (Lipinski definition) is 11. The molecule has 7 aliphatic carbocycles. The molecule has 0 aromatic carbocycles. The molecule has 8 aliphatic rings. The van der Waals surface area contributed by atoms with Crippen LogP contribution in [-0.4, -0.2) is 102 Å². The molecule has 12 nitrogen and oxygen atoms in total. The van der Waals surface area contributed by atoms with Gasteiger partial charge < -0.3 is 45.7 Å². The number of aliphatic hydroxyl groups is 6. The Morgan fingerprint density at radius 1 is 0.984 bits per heavy atom. The number of aromatic amines is 1. The molecule has 5 fully saturated rings. The zero-order valence-electron chi connectivity index (χ0n) is 38.4. The number of Topliss-reactive ketones (excluding diaryl/α,β-unsaturated/α-hetero) is 2. The van der Waals surface area contributed by atoms with E-state index in [-0.39, 0.29) is 117 Å². The van der Waals surface area contributed by atoms with Gasteiger partial charge in [-0.2, -0.15) is 0 Å². The second kappa shape index (κ2) is 16.8. The van der Waals surface area contributed by atoms with Gasteiger partial charge in [-0.25, -0.2) is 0 Å². The monoisotopic (exact) mass is 885 g/mol. The largest absolute Gasteiger partial charge is 0.465 e. The Labute approximate surface area is 378 Å².